The van der Waals surface area contributed by atoms with Gasteiger partial charge in [0, 0.05) is 35.3 Å². The maximum Gasteiger partial charge on any atom is 0.411 e. The fourth-order valence-electron chi connectivity index (χ4n) is 4.56. The number of aromatic hydroxyl groups is 1. The topological polar surface area (TPSA) is 197 Å². The summed E-state index contributed by atoms with van der Waals surface area (Å²) in [5, 5.41) is 18.7. The molecule has 0 saturated heterocycles. The van der Waals surface area contributed by atoms with Gasteiger partial charge in [0.2, 0.25) is 27.4 Å². The van der Waals surface area contributed by atoms with Crippen molar-refractivity contribution in [1.82, 2.24) is 0 Å². The number of nitrogens with one attached hydrogen (secondary N) is 3. The van der Waals surface area contributed by atoms with Gasteiger partial charge >= 0.3 is 18.3 Å². The second-order valence-electron chi connectivity index (χ2n) is 11.1. The summed E-state index contributed by atoms with van der Waals surface area (Å²) < 4.78 is 30.6. The number of phenolic OH excluding ortho intramolecular Hbond substituents is 1. The van der Waals surface area contributed by atoms with E-state index in [0.29, 0.717) is 40.4 Å². The lowest BCUT2D eigenvalue weighted by molar-refractivity contribution is 0.150. The van der Waals surface area contributed by atoms with Crippen LogP contribution in [0, 0.1) is 0 Å². The van der Waals surface area contributed by atoms with Gasteiger partial charge in [0.25, 0.3) is 0 Å². The third-order valence-electron chi connectivity index (χ3n) is 7.09. The number of ether oxygens (including phenoxy) is 6. The zero-order valence-electron chi connectivity index (χ0n) is 28.4. The van der Waals surface area contributed by atoms with Crippen molar-refractivity contribution in [2.45, 2.75) is 39.6 Å². The number of benzene rings is 4. The van der Waals surface area contributed by atoms with E-state index in [1.165, 1.54) is 12.1 Å². The Bertz CT molecular complexity index is 1790. The Kier molecular flexibility index (Phi) is 14.7. The second kappa shape index (κ2) is 19.8. The first-order chi connectivity index (χ1) is 25.5. The molecule has 0 saturated carbocycles. The van der Waals surface area contributed by atoms with Gasteiger partial charge in [-0.2, -0.15) is 0 Å². The normalized spacial score (nSPS) is 10.4. The number of phenols is 1. The van der Waals surface area contributed by atoms with E-state index in [0.717, 1.165) is 5.56 Å². The number of amides is 3. The number of hydrogen-bond acceptors (Lipinski definition) is 12. The molecule has 15 nitrogen and oxygen atoms in total. The molecule has 0 unspecified atom stereocenters. The van der Waals surface area contributed by atoms with Crippen LogP contribution in [0.4, 0.5) is 41.0 Å². The monoisotopic (exact) mass is 721 g/mol. The van der Waals surface area contributed by atoms with Crippen molar-refractivity contribution in [3.8, 4) is 5.75 Å². The number of anilines is 3. The standard InChI is InChI=1S/C36H33B2N3O12/c1-48-16-22-2-8-28(9-3-22)39-34(45)51-19-25-14-26(20-52-35(46)40-29-10-4-23(5-11-29)17-49-32(37)43)31(42)27(15-25)21-53-36(47)41-30-12-6-24(7-13-30)18-50-33(38)44/h2-15,42H,16-21H2,1H3,(H,39,45)(H,40,46)(H,41,47). The molecule has 4 rings (SSSR count). The lowest BCUT2D eigenvalue weighted by atomic mass is 10.0. The Morgan fingerprint density at radius 3 is 1.15 bits per heavy atom. The molecular weight excluding hydrogens is 688 g/mol. The van der Waals surface area contributed by atoms with Crippen molar-refractivity contribution in [3.63, 3.8) is 0 Å². The van der Waals surface area contributed by atoms with E-state index in [1.54, 1.807) is 79.9 Å². The Hall–Kier alpha value is -6.48. The van der Waals surface area contributed by atoms with E-state index >= 15 is 0 Å². The van der Waals surface area contributed by atoms with Crippen LogP contribution in [0.5, 0.6) is 5.75 Å². The molecule has 0 fully saturated rings. The van der Waals surface area contributed by atoms with Gasteiger partial charge in [0.05, 0.1) is 6.61 Å². The van der Waals surface area contributed by atoms with Gasteiger partial charge in [-0.1, -0.05) is 36.4 Å². The maximum atomic E-state index is 12.6. The molecule has 4 aromatic carbocycles. The minimum absolute atomic E-state index is 0.0423. The van der Waals surface area contributed by atoms with Crippen molar-refractivity contribution in [2.75, 3.05) is 23.1 Å². The largest absolute Gasteiger partial charge is 0.507 e. The molecule has 53 heavy (non-hydrogen) atoms. The Morgan fingerprint density at radius 2 is 0.811 bits per heavy atom. The van der Waals surface area contributed by atoms with Crippen LogP contribution in [-0.2, 0) is 68.1 Å². The summed E-state index contributed by atoms with van der Waals surface area (Å²) in [6.45, 7) is -0.761. The summed E-state index contributed by atoms with van der Waals surface area (Å²) in [6, 6.07) is 22.6. The Morgan fingerprint density at radius 1 is 0.491 bits per heavy atom. The molecular formula is C36H33B2N3O12. The van der Waals surface area contributed by atoms with Gasteiger partial charge in [-0.15, -0.1) is 0 Å². The van der Waals surface area contributed by atoms with Gasteiger partial charge < -0.3 is 33.5 Å². The highest BCUT2D eigenvalue weighted by Gasteiger charge is 2.16. The molecule has 270 valence electrons. The fraction of sp³-hybridized carbons (Fsp3) is 0.194. The minimum atomic E-state index is -0.919. The van der Waals surface area contributed by atoms with Gasteiger partial charge in [0.1, 0.15) is 38.8 Å². The highest BCUT2D eigenvalue weighted by molar-refractivity contribution is 6.55. The van der Waals surface area contributed by atoms with Crippen molar-refractivity contribution < 1.29 is 57.5 Å². The summed E-state index contributed by atoms with van der Waals surface area (Å²) in [7, 11) is 11.5. The predicted octanol–water partition coefficient (Wildman–Crippen LogP) is 6.39. The molecule has 3 amide bonds. The molecule has 0 spiro atoms. The second-order valence-corrected chi connectivity index (χ2v) is 11.1. The van der Waals surface area contributed by atoms with E-state index in [2.05, 4.69) is 16.0 Å². The highest BCUT2D eigenvalue weighted by atomic mass is 16.6. The van der Waals surface area contributed by atoms with Crippen LogP contribution in [0.2, 0.25) is 0 Å². The smallest absolute Gasteiger partial charge is 0.411 e. The first-order valence-corrected chi connectivity index (χ1v) is 15.7. The number of carbonyl (C=O) groups excluding carboxylic acids is 5. The van der Waals surface area contributed by atoms with Crippen LogP contribution in [0.25, 0.3) is 0 Å². The summed E-state index contributed by atoms with van der Waals surface area (Å²) in [6.07, 6.45) is -2.47. The van der Waals surface area contributed by atoms with E-state index in [1.807, 2.05) is 0 Å². The van der Waals surface area contributed by atoms with E-state index < -0.39 is 43.2 Å². The average molecular weight is 721 g/mol. The molecule has 0 heterocycles. The van der Waals surface area contributed by atoms with Gasteiger partial charge in [-0.05, 0) is 70.8 Å². The molecule has 17 heteroatoms. The first-order valence-electron chi connectivity index (χ1n) is 15.7. The van der Waals surface area contributed by atoms with Gasteiger partial charge in [0.15, 0.2) is 0 Å². The molecule has 4 aromatic rings. The Balaban J connectivity index is 1.40. The summed E-state index contributed by atoms with van der Waals surface area (Å²) in [5.74, 6) is -2.16. The van der Waals surface area contributed by atoms with Crippen LogP contribution in [0.1, 0.15) is 33.4 Å². The van der Waals surface area contributed by atoms with Crippen LogP contribution in [0.3, 0.4) is 0 Å². The zero-order valence-corrected chi connectivity index (χ0v) is 28.4. The molecule has 4 N–H and O–H groups in total. The zero-order chi connectivity index (χ0) is 38.2. The van der Waals surface area contributed by atoms with Crippen LogP contribution < -0.4 is 16.0 Å². The summed E-state index contributed by atoms with van der Waals surface area (Å²) >= 11 is 0. The average Bonchev–Trinajstić information content (AvgIpc) is 3.13. The van der Waals surface area contributed by atoms with Crippen LogP contribution >= 0.6 is 0 Å². The third-order valence-corrected chi connectivity index (χ3v) is 7.09. The lowest BCUT2D eigenvalue weighted by Gasteiger charge is -2.15. The van der Waals surface area contributed by atoms with Crippen molar-refractivity contribution in [1.29, 1.82) is 0 Å². The minimum Gasteiger partial charge on any atom is -0.507 e. The summed E-state index contributed by atoms with van der Waals surface area (Å²) in [5.41, 5.74) is 4.05. The lowest BCUT2D eigenvalue weighted by Crippen LogP contribution is -2.16. The van der Waals surface area contributed by atoms with Crippen molar-refractivity contribution >= 4 is 62.8 Å². The SMILES string of the molecule is [B]C(=O)OCc1ccc(NC(=O)OCc2cc(COC(=O)Nc3ccc(COC)cc3)cc(COC(=O)Nc3ccc(COC([B])=O)cc3)c2O)cc1. The fourth-order valence-corrected chi connectivity index (χ4v) is 4.56. The quantitative estimate of drug-likeness (QED) is 0.0781. The number of carbonyl (C=O) groups is 5. The van der Waals surface area contributed by atoms with E-state index in [9.17, 15) is 29.1 Å². The molecule has 0 aliphatic rings. The number of rotatable bonds is 15. The van der Waals surface area contributed by atoms with Crippen molar-refractivity contribution in [2.24, 2.45) is 0 Å². The molecule has 4 radical (unpaired) electrons. The van der Waals surface area contributed by atoms with Crippen LogP contribution in [0.15, 0.2) is 84.9 Å². The highest BCUT2D eigenvalue weighted by Crippen LogP contribution is 2.28. The van der Waals surface area contributed by atoms with Gasteiger partial charge in [-0.3, -0.25) is 25.5 Å². The van der Waals surface area contributed by atoms with Crippen LogP contribution in [-0.4, -0.2) is 57.9 Å². The maximum absolute atomic E-state index is 12.6. The van der Waals surface area contributed by atoms with Gasteiger partial charge in [-0.25, -0.2) is 14.4 Å². The third kappa shape index (κ3) is 13.6. The number of hydrogen-bond donors (Lipinski definition) is 4. The molecule has 0 aliphatic carbocycles. The molecule has 0 aliphatic heterocycles. The number of methoxy groups -OCH3 is 1. The van der Waals surface area contributed by atoms with Crippen molar-refractivity contribution in [3.05, 3.63) is 118 Å². The summed E-state index contributed by atoms with van der Waals surface area (Å²) in [4.78, 5) is 59.4. The van der Waals surface area contributed by atoms with E-state index in [4.69, 9.17) is 44.1 Å². The van der Waals surface area contributed by atoms with E-state index in [-0.39, 0.29) is 36.7 Å². The molecule has 0 atom stereocenters. The predicted molar refractivity (Wildman–Crippen MR) is 191 cm³/mol. The first kappa shape index (κ1) is 39.3. The Labute approximate surface area is 306 Å². The molecule has 0 aromatic heterocycles. The molecule has 0 bridgehead atoms.